The summed E-state index contributed by atoms with van der Waals surface area (Å²) in [5.41, 5.74) is 1.95. The highest BCUT2D eigenvalue weighted by molar-refractivity contribution is 7.90. The molecule has 0 radical (unpaired) electrons. The molecule has 1 saturated carbocycles. The Balaban J connectivity index is 1.44. The van der Waals surface area contributed by atoms with Crippen molar-refractivity contribution < 1.29 is 27.8 Å². The molecule has 2 aliphatic carbocycles. The van der Waals surface area contributed by atoms with Gasteiger partial charge >= 0.3 is 0 Å². The van der Waals surface area contributed by atoms with Gasteiger partial charge in [-0.25, -0.2) is 13.1 Å². The summed E-state index contributed by atoms with van der Waals surface area (Å²) in [5, 5.41) is 12.0. The van der Waals surface area contributed by atoms with Gasteiger partial charge < -0.3 is 19.5 Å². The second kappa shape index (κ2) is 13.0. The summed E-state index contributed by atoms with van der Waals surface area (Å²) in [5.74, 6) is -0.215. The number of fused-ring (bicyclic) bond motifs is 4. The summed E-state index contributed by atoms with van der Waals surface area (Å²) < 4.78 is 41.4. The van der Waals surface area contributed by atoms with Crippen molar-refractivity contribution in [3.05, 3.63) is 82.9 Å². The lowest BCUT2D eigenvalue weighted by molar-refractivity contribution is -0.0914. The van der Waals surface area contributed by atoms with Crippen molar-refractivity contribution in [1.29, 1.82) is 0 Å². The van der Waals surface area contributed by atoms with Crippen molar-refractivity contribution in [3.8, 4) is 5.75 Å². The Morgan fingerprint density at radius 1 is 1.22 bits per heavy atom. The number of carbonyl (C=O) groups is 1. The molecule has 0 saturated heterocycles. The Morgan fingerprint density at radius 2 is 2.04 bits per heavy atom. The van der Waals surface area contributed by atoms with Gasteiger partial charge in [-0.15, -0.1) is 6.58 Å². The molecule has 10 heteroatoms. The SMILES string of the molecule is C=CCOC[C@]1(O)/C=C\C[C@H](C)[C@@H](C)S(=O)(=O)NC(=O)c2ccc3c(c2)N(C[C@@H]2CC[C@H]21)C[C@@]1(CCCc2cc(Cl)ccc21)CO3. The minimum Gasteiger partial charge on any atom is -0.490 e. The van der Waals surface area contributed by atoms with E-state index < -0.39 is 26.8 Å². The van der Waals surface area contributed by atoms with Gasteiger partial charge in [-0.05, 0) is 105 Å². The number of hydrogen-bond acceptors (Lipinski definition) is 7. The van der Waals surface area contributed by atoms with E-state index in [2.05, 4.69) is 28.3 Å². The molecule has 2 aromatic carbocycles. The van der Waals surface area contributed by atoms with Crippen molar-refractivity contribution in [2.24, 2.45) is 17.8 Å². The molecule has 0 unspecified atom stereocenters. The summed E-state index contributed by atoms with van der Waals surface area (Å²) in [4.78, 5) is 15.8. The Morgan fingerprint density at radius 3 is 2.80 bits per heavy atom. The fraction of sp³-hybridized carbons (Fsp3) is 0.528. The van der Waals surface area contributed by atoms with Gasteiger partial charge in [0.15, 0.2) is 0 Å². The van der Waals surface area contributed by atoms with Crippen molar-refractivity contribution >= 4 is 33.2 Å². The van der Waals surface area contributed by atoms with Crippen LogP contribution in [0.25, 0.3) is 0 Å². The zero-order valence-electron chi connectivity index (χ0n) is 26.7. The van der Waals surface area contributed by atoms with E-state index in [0.717, 1.165) is 42.8 Å². The second-order valence-electron chi connectivity index (χ2n) is 13.8. The lowest BCUT2D eigenvalue weighted by Gasteiger charge is -2.49. The van der Waals surface area contributed by atoms with Crippen LogP contribution in [0.1, 0.15) is 67.4 Å². The Labute approximate surface area is 277 Å². The predicted molar refractivity (Wildman–Crippen MR) is 181 cm³/mol. The highest BCUT2D eigenvalue weighted by atomic mass is 35.5. The van der Waals surface area contributed by atoms with Crippen molar-refractivity contribution in [2.75, 3.05) is 37.8 Å². The van der Waals surface area contributed by atoms with E-state index in [1.807, 2.05) is 25.1 Å². The molecule has 2 aliphatic heterocycles. The summed E-state index contributed by atoms with van der Waals surface area (Å²) >= 11 is 6.42. The van der Waals surface area contributed by atoms with Crippen LogP contribution in [0.4, 0.5) is 5.69 Å². The first kappa shape index (κ1) is 33.1. The number of rotatable bonds is 4. The number of sulfonamides is 1. The number of benzene rings is 2. The number of nitrogens with one attached hydrogen (secondary N) is 1. The van der Waals surface area contributed by atoms with E-state index in [9.17, 15) is 18.3 Å². The normalized spacial score (nSPS) is 33.0. The van der Waals surface area contributed by atoms with Crippen LogP contribution in [-0.2, 0) is 26.6 Å². The van der Waals surface area contributed by atoms with Gasteiger partial charge in [-0.3, -0.25) is 4.79 Å². The maximum Gasteiger partial charge on any atom is 0.264 e. The van der Waals surface area contributed by atoms with E-state index in [0.29, 0.717) is 38.5 Å². The topological polar surface area (TPSA) is 105 Å². The number of aliphatic hydroxyl groups is 1. The van der Waals surface area contributed by atoms with Gasteiger partial charge in [0, 0.05) is 29.1 Å². The molecule has 1 fully saturated rings. The minimum atomic E-state index is -3.98. The maximum atomic E-state index is 13.4. The molecular formula is C36H45ClN2O6S. The lowest BCUT2D eigenvalue weighted by Crippen LogP contribution is -2.54. The highest BCUT2D eigenvalue weighted by Crippen LogP contribution is 2.48. The molecule has 1 spiro atoms. The van der Waals surface area contributed by atoms with Gasteiger partial charge in [0.25, 0.3) is 5.91 Å². The first-order valence-electron chi connectivity index (χ1n) is 16.4. The molecule has 1 amide bonds. The van der Waals surface area contributed by atoms with Gasteiger partial charge in [-0.2, -0.15) is 0 Å². The van der Waals surface area contributed by atoms with Crippen LogP contribution < -0.4 is 14.4 Å². The molecule has 46 heavy (non-hydrogen) atoms. The van der Waals surface area contributed by atoms with Crippen LogP contribution >= 0.6 is 11.6 Å². The fourth-order valence-electron chi connectivity index (χ4n) is 7.83. The molecule has 6 atom stereocenters. The van der Waals surface area contributed by atoms with Crippen LogP contribution in [-0.4, -0.2) is 63.2 Å². The third-order valence-electron chi connectivity index (χ3n) is 10.8. The number of carbonyl (C=O) groups excluding carboxylic acids is 1. The molecule has 4 aliphatic rings. The largest absolute Gasteiger partial charge is 0.490 e. The number of hydrogen-bond donors (Lipinski definition) is 2. The van der Waals surface area contributed by atoms with E-state index in [1.165, 1.54) is 11.1 Å². The highest BCUT2D eigenvalue weighted by Gasteiger charge is 2.48. The Bertz CT molecular complexity index is 1630. The van der Waals surface area contributed by atoms with Crippen molar-refractivity contribution in [1.82, 2.24) is 4.72 Å². The monoisotopic (exact) mass is 668 g/mol. The molecule has 2 heterocycles. The lowest BCUT2D eigenvalue weighted by atomic mass is 9.64. The maximum absolute atomic E-state index is 13.4. The average molecular weight is 669 g/mol. The number of ether oxygens (including phenoxy) is 2. The standard InChI is InChI=1S/C36H45ClN2O6S/c1-4-17-44-23-36(41)16-5-7-24(2)25(3)46(42,43)38-34(40)27-10-14-33-32(19-27)39(20-28-9-12-31(28)36)21-35(22-45-33)15-6-8-26-18-29(37)11-13-30(26)35/h4-5,10-11,13-14,16,18-19,24-25,28,31,41H,1,6-9,12,15,17,20-23H2,2-3H3,(H,38,40)/b16-5-/t24-,25+,28-,31+,35-,36+/m0/s1. The molecule has 8 nitrogen and oxygen atoms in total. The third-order valence-corrected chi connectivity index (χ3v) is 13.0. The minimum absolute atomic E-state index is 0.0644. The molecular weight excluding hydrogens is 624 g/mol. The summed E-state index contributed by atoms with van der Waals surface area (Å²) in [7, 11) is -3.98. The van der Waals surface area contributed by atoms with Crippen LogP contribution in [0.3, 0.4) is 0 Å². The van der Waals surface area contributed by atoms with Crippen LogP contribution in [0.15, 0.2) is 61.2 Å². The Hall–Kier alpha value is -2.85. The quantitative estimate of drug-likeness (QED) is 0.313. The number of amides is 1. The van der Waals surface area contributed by atoms with Gasteiger partial charge in [-0.1, -0.05) is 42.8 Å². The number of allylic oxidation sites excluding steroid dienone is 1. The van der Waals surface area contributed by atoms with Crippen LogP contribution in [0.2, 0.25) is 5.02 Å². The Kier molecular flexibility index (Phi) is 9.33. The van der Waals surface area contributed by atoms with E-state index in [1.54, 1.807) is 31.2 Å². The number of aryl methyl sites for hydroxylation is 1. The summed E-state index contributed by atoms with van der Waals surface area (Å²) in [6.07, 6.45) is 10.5. The van der Waals surface area contributed by atoms with Crippen LogP contribution in [0, 0.1) is 17.8 Å². The van der Waals surface area contributed by atoms with Gasteiger partial charge in [0.2, 0.25) is 10.0 Å². The van der Waals surface area contributed by atoms with Crippen molar-refractivity contribution in [3.63, 3.8) is 0 Å². The van der Waals surface area contributed by atoms with E-state index >= 15 is 0 Å². The molecule has 0 aromatic heterocycles. The fourth-order valence-corrected chi connectivity index (χ4v) is 9.31. The molecule has 2 N–H and O–H groups in total. The van der Waals surface area contributed by atoms with E-state index in [-0.39, 0.29) is 35.3 Å². The van der Waals surface area contributed by atoms with Crippen LogP contribution in [0.5, 0.6) is 5.75 Å². The van der Waals surface area contributed by atoms with Gasteiger partial charge in [0.1, 0.15) is 11.4 Å². The molecule has 6 rings (SSSR count). The smallest absolute Gasteiger partial charge is 0.264 e. The zero-order chi connectivity index (χ0) is 32.7. The first-order chi connectivity index (χ1) is 21.9. The first-order valence-corrected chi connectivity index (χ1v) is 18.3. The summed E-state index contributed by atoms with van der Waals surface area (Å²) in [6.45, 7) is 9.41. The molecule has 2 bridgehead atoms. The second-order valence-corrected chi connectivity index (χ2v) is 16.3. The third kappa shape index (κ3) is 6.36. The van der Waals surface area contributed by atoms with Gasteiger partial charge in [0.05, 0.1) is 30.8 Å². The zero-order valence-corrected chi connectivity index (χ0v) is 28.3. The average Bonchev–Trinajstić information content (AvgIpc) is 3.15. The number of anilines is 1. The van der Waals surface area contributed by atoms with E-state index in [4.69, 9.17) is 21.1 Å². The predicted octanol–water partition coefficient (Wildman–Crippen LogP) is 5.82. The molecule has 248 valence electrons. The molecule has 2 aromatic rings. The van der Waals surface area contributed by atoms with Crippen molar-refractivity contribution in [2.45, 2.75) is 68.6 Å². The number of nitrogens with zero attached hydrogens (tertiary/aromatic N) is 1. The number of halogens is 1. The summed E-state index contributed by atoms with van der Waals surface area (Å²) in [6, 6.07) is 11.3.